The van der Waals surface area contributed by atoms with Gasteiger partial charge in [-0.15, -0.1) is 0 Å². The van der Waals surface area contributed by atoms with E-state index >= 15 is 0 Å². The summed E-state index contributed by atoms with van der Waals surface area (Å²) in [5.41, 5.74) is 3.32. The van der Waals surface area contributed by atoms with Gasteiger partial charge >= 0.3 is 0 Å². The van der Waals surface area contributed by atoms with Gasteiger partial charge in [-0.25, -0.2) is 5.43 Å². The highest BCUT2D eigenvalue weighted by Gasteiger charge is 2.19. The minimum atomic E-state index is -0.116. The predicted octanol–water partition coefficient (Wildman–Crippen LogP) is 1.49. The number of anilines is 1. The Hall–Kier alpha value is -2.15. The van der Waals surface area contributed by atoms with Crippen LogP contribution in [-0.4, -0.2) is 30.9 Å². The van der Waals surface area contributed by atoms with Crippen LogP contribution in [0.4, 0.5) is 5.69 Å². The van der Waals surface area contributed by atoms with Gasteiger partial charge in [0.1, 0.15) is 5.75 Å². The van der Waals surface area contributed by atoms with Gasteiger partial charge in [-0.3, -0.25) is 4.79 Å². The summed E-state index contributed by atoms with van der Waals surface area (Å²) in [6.07, 6.45) is 3.25. The summed E-state index contributed by atoms with van der Waals surface area (Å²) in [7, 11) is 1.63. The van der Waals surface area contributed by atoms with Crippen molar-refractivity contribution in [1.29, 1.82) is 0 Å². The quantitative estimate of drug-likeness (QED) is 0.548. The molecule has 1 aliphatic rings. The zero-order chi connectivity index (χ0) is 15.1. The second-order valence-corrected chi connectivity index (χ2v) is 5.02. The number of hydrogen-bond donors (Lipinski definition) is 3. The molecular weight excluding hydrogens is 288 g/mol. The van der Waals surface area contributed by atoms with E-state index in [1.54, 1.807) is 13.3 Å². The fraction of sp³-hybridized carbons (Fsp3) is 0.357. The average molecular weight is 306 g/mol. The van der Waals surface area contributed by atoms with Crippen molar-refractivity contribution in [3.05, 3.63) is 24.3 Å². The van der Waals surface area contributed by atoms with Gasteiger partial charge in [0.15, 0.2) is 5.11 Å². The van der Waals surface area contributed by atoms with Crippen LogP contribution in [0.25, 0.3) is 0 Å². The molecule has 1 aromatic carbocycles. The molecule has 112 valence electrons. The van der Waals surface area contributed by atoms with Crippen molar-refractivity contribution in [3.8, 4) is 5.75 Å². The summed E-state index contributed by atoms with van der Waals surface area (Å²) in [5.74, 6) is 0.653. The maximum absolute atomic E-state index is 11.3. The van der Waals surface area contributed by atoms with E-state index in [-0.39, 0.29) is 11.8 Å². The molecule has 0 saturated carbocycles. The fourth-order valence-electron chi connectivity index (χ4n) is 1.92. The number of carbonyl (C=O) groups excluding carboxylic acids is 1. The lowest BCUT2D eigenvalue weighted by molar-refractivity contribution is -0.122. The molecule has 0 saturated heterocycles. The zero-order valence-corrected chi connectivity index (χ0v) is 12.6. The molecule has 3 N–H and O–H groups in total. The number of hydrazone groups is 1. The van der Waals surface area contributed by atoms with Gasteiger partial charge in [0.05, 0.1) is 13.0 Å². The molecular formula is C14H18N4O2S. The maximum Gasteiger partial charge on any atom is 0.248 e. The first-order chi connectivity index (χ1) is 10.2. The number of benzene rings is 1. The number of carbonyl (C=O) groups is 1. The standard InChI is InChI=1S/C14H18N4O2S/c1-20-12-6-4-11(5-7-12)17-14(21)15-8-2-3-10-9-16-18-13(10)19/h4-7,9-10H,2-3,8H2,1H3,(H,18,19)(H2,15,17,21)/t10-/m0/s1. The van der Waals surface area contributed by atoms with Crippen molar-refractivity contribution in [2.24, 2.45) is 11.0 Å². The predicted molar refractivity (Wildman–Crippen MR) is 86.6 cm³/mol. The lowest BCUT2D eigenvalue weighted by Crippen LogP contribution is -2.30. The Morgan fingerprint density at radius 1 is 1.43 bits per heavy atom. The van der Waals surface area contributed by atoms with E-state index in [9.17, 15) is 4.79 Å². The number of rotatable bonds is 6. The van der Waals surface area contributed by atoms with Crippen LogP contribution >= 0.6 is 12.2 Å². The summed E-state index contributed by atoms with van der Waals surface area (Å²) in [6, 6.07) is 7.52. The molecule has 21 heavy (non-hydrogen) atoms. The minimum absolute atomic E-state index is 0.0334. The van der Waals surface area contributed by atoms with E-state index in [4.69, 9.17) is 17.0 Å². The number of methoxy groups -OCH3 is 1. The molecule has 1 heterocycles. The number of nitrogens with one attached hydrogen (secondary N) is 3. The lowest BCUT2D eigenvalue weighted by atomic mass is 10.1. The van der Waals surface area contributed by atoms with Gasteiger partial charge < -0.3 is 15.4 Å². The van der Waals surface area contributed by atoms with E-state index in [1.165, 1.54) is 0 Å². The molecule has 1 atom stereocenters. The van der Waals surface area contributed by atoms with E-state index in [1.807, 2.05) is 24.3 Å². The van der Waals surface area contributed by atoms with Crippen LogP contribution in [0.5, 0.6) is 5.75 Å². The number of amides is 1. The maximum atomic E-state index is 11.3. The number of nitrogens with zero attached hydrogens (tertiary/aromatic N) is 1. The molecule has 1 amide bonds. The topological polar surface area (TPSA) is 74.8 Å². The molecule has 2 rings (SSSR count). The highest BCUT2D eigenvalue weighted by atomic mass is 32.1. The van der Waals surface area contributed by atoms with Gasteiger partial charge in [0.25, 0.3) is 0 Å². The summed E-state index contributed by atoms with van der Waals surface area (Å²) in [4.78, 5) is 11.3. The molecule has 0 fully saturated rings. The largest absolute Gasteiger partial charge is 0.497 e. The molecule has 0 spiro atoms. The fourth-order valence-corrected chi connectivity index (χ4v) is 2.14. The van der Waals surface area contributed by atoms with E-state index in [0.717, 1.165) is 24.3 Å². The first kappa shape index (κ1) is 15.2. The molecule has 1 aliphatic heterocycles. The molecule has 1 aromatic rings. The number of hydrogen-bond acceptors (Lipinski definition) is 4. The monoisotopic (exact) mass is 306 g/mol. The number of ether oxygens (including phenoxy) is 1. The summed E-state index contributed by atoms with van der Waals surface area (Å²) in [5, 5.41) is 10.5. The van der Waals surface area contributed by atoms with Crippen molar-refractivity contribution in [2.75, 3.05) is 19.0 Å². The van der Waals surface area contributed by atoms with Crippen LogP contribution in [-0.2, 0) is 4.79 Å². The first-order valence-electron chi connectivity index (χ1n) is 6.71. The molecule has 6 nitrogen and oxygen atoms in total. The third-order valence-corrected chi connectivity index (χ3v) is 3.34. The lowest BCUT2D eigenvalue weighted by Gasteiger charge is -2.11. The Labute approximate surface area is 128 Å². The highest BCUT2D eigenvalue weighted by Crippen LogP contribution is 2.14. The van der Waals surface area contributed by atoms with Gasteiger partial charge in [-0.05, 0) is 49.3 Å². The Bertz CT molecular complexity index is 530. The van der Waals surface area contributed by atoms with Crippen molar-refractivity contribution >= 4 is 35.1 Å². The van der Waals surface area contributed by atoms with Crippen molar-refractivity contribution in [1.82, 2.24) is 10.7 Å². The van der Waals surface area contributed by atoms with Crippen molar-refractivity contribution < 1.29 is 9.53 Å². The summed E-state index contributed by atoms with van der Waals surface area (Å²) < 4.78 is 5.09. The minimum Gasteiger partial charge on any atom is -0.497 e. The van der Waals surface area contributed by atoms with E-state index in [0.29, 0.717) is 11.7 Å². The Kier molecular flexibility index (Phi) is 5.51. The van der Waals surface area contributed by atoms with Crippen LogP contribution in [0.1, 0.15) is 12.8 Å². The van der Waals surface area contributed by atoms with E-state index < -0.39 is 0 Å². The number of thiocarbonyl (C=S) groups is 1. The molecule has 0 aliphatic carbocycles. The van der Waals surface area contributed by atoms with Crippen LogP contribution < -0.4 is 20.8 Å². The SMILES string of the molecule is COc1ccc(NC(=S)NCCC[C@H]2C=NNC2=O)cc1. The Balaban J connectivity index is 1.65. The van der Waals surface area contributed by atoms with Gasteiger partial charge in [0, 0.05) is 18.4 Å². The average Bonchev–Trinajstić information content (AvgIpc) is 2.90. The molecule has 7 heteroatoms. The third kappa shape index (κ3) is 4.71. The smallest absolute Gasteiger partial charge is 0.248 e. The third-order valence-electron chi connectivity index (χ3n) is 3.09. The molecule has 0 aromatic heterocycles. The first-order valence-corrected chi connectivity index (χ1v) is 7.12. The highest BCUT2D eigenvalue weighted by molar-refractivity contribution is 7.80. The van der Waals surface area contributed by atoms with Crippen molar-refractivity contribution in [2.45, 2.75) is 12.8 Å². The van der Waals surface area contributed by atoms with Gasteiger partial charge in [-0.1, -0.05) is 0 Å². The second-order valence-electron chi connectivity index (χ2n) is 4.61. The summed E-state index contributed by atoms with van der Waals surface area (Å²) >= 11 is 5.21. The van der Waals surface area contributed by atoms with Gasteiger partial charge in [0.2, 0.25) is 5.91 Å². The van der Waals surface area contributed by atoms with Crippen LogP contribution in [0.2, 0.25) is 0 Å². The van der Waals surface area contributed by atoms with E-state index in [2.05, 4.69) is 21.2 Å². The van der Waals surface area contributed by atoms with Crippen LogP contribution in [0.15, 0.2) is 29.4 Å². The normalized spacial score (nSPS) is 16.4. The van der Waals surface area contributed by atoms with Crippen LogP contribution in [0, 0.1) is 5.92 Å². The van der Waals surface area contributed by atoms with Crippen molar-refractivity contribution in [3.63, 3.8) is 0 Å². The molecule has 0 radical (unpaired) electrons. The molecule has 0 bridgehead atoms. The Morgan fingerprint density at radius 2 is 2.19 bits per heavy atom. The second kappa shape index (κ2) is 7.58. The summed E-state index contributed by atoms with van der Waals surface area (Å²) in [6.45, 7) is 0.708. The Morgan fingerprint density at radius 3 is 2.81 bits per heavy atom. The molecule has 0 unspecified atom stereocenters. The van der Waals surface area contributed by atoms with Crippen LogP contribution in [0.3, 0.4) is 0 Å². The van der Waals surface area contributed by atoms with Gasteiger partial charge in [-0.2, -0.15) is 5.10 Å². The zero-order valence-electron chi connectivity index (χ0n) is 11.8.